The van der Waals surface area contributed by atoms with Gasteiger partial charge in [0.1, 0.15) is 29.0 Å². The van der Waals surface area contributed by atoms with E-state index in [0.29, 0.717) is 23.7 Å². The van der Waals surface area contributed by atoms with Crippen molar-refractivity contribution in [2.24, 2.45) is 0 Å². The van der Waals surface area contributed by atoms with E-state index in [9.17, 15) is 15.3 Å². The van der Waals surface area contributed by atoms with Crippen molar-refractivity contribution in [3.8, 4) is 35.0 Å². The minimum Gasteiger partial charge on any atom is -0.492 e. The van der Waals surface area contributed by atoms with Crippen LogP contribution in [0.1, 0.15) is 144 Å². The summed E-state index contributed by atoms with van der Waals surface area (Å²) in [6.45, 7) is 4.92. The van der Waals surface area contributed by atoms with Gasteiger partial charge in [-0.25, -0.2) is 14.8 Å². The number of nitriles is 2. The summed E-state index contributed by atoms with van der Waals surface area (Å²) in [4.78, 5) is 22.0. The Morgan fingerprint density at radius 3 is 1.72 bits per heavy atom. The Kier molecular flexibility index (Phi) is 16.9. The average molecular weight is 623 g/mol. The van der Waals surface area contributed by atoms with E-state index in [1.807, 2.05) is 18.5 Å². The normalized spacial score (nSPS) is 10.7. The molecule has 3 aromatic rings. The van der Waals surface area contributed by atoms with Crippen molar-refractivity contribution >= 4 is 5.97 Å². The van der Waals surface area contributed by atoms with Gasteiger partial charge in [0, 0.05) is 18.0 Å². The Morgan fingerprint density at radius 1 is 0.652 bits per heavy atom. The van der Waals surface area contributed by atoms with Crippen LogP contribution in [0.5, 0.6) is 11.5 Å². The lowest BCUT2D eigenvalue weighted by atomic mass is 10.1. The number of aryl methyl sites for hydroxylation is 1. The molecule has 0 aliphatic heterocycles. The van der Waals surface area contributed by atoms with Crippen LogP contribution in [0.3, 0.4) is 0 Å². The van der Waals surface area contributed by atoms with E-state index < -0.39 is 5.97 Å². The summed E-state index contributed by atoms with van der Waals surface area (Å²) in [7, 11) is 0. The molecule has 46 heavy (non-hydrogen) atoms. The molecule has 0 spiro atoms. The molecule has 0 saturated heterocycles. The van der Waals surface area contributed by atoms with Gasteiger partial charge in [0.2, 0.25) is 0 Å². The molecule has 0 bridgehead atoms. The third-order valence-corrected chi connectivity index (χ3v) is 8.21. The molecule has 0 aliphatic rings. The van der Waals surface area contributed by atoms with Crippen LogP contribution in [0.15, 0.2) is 48.8 Å². The number of hydrogen-bond acceptors (Lipinski definition) is 7. The van der Waals surface area contributed by atoms with Gasteiger partial charge in [-0.3, -0.25) is 0 Å². The van der Waals surface area contributed by atoms with Gasteiger partial charge in [-0.1, -0.05) is 116 Å². The van der Waals surface area contributed by atoms with E-state index in [-0.39, 0.29) is 16.9 Å². The number of unbranched alkanes of at least 4 members (excludes halogenated alkanes) is 14. The predicted molar refractivity (Wildman–Crippen MR) is 183 cm³/mol. The molecule has 3 rings (SSSR count). The molecule has 0 radical (unpaired) electrons. The Morgan fingerprint density at radius 2 is 1.15 bits per heavy atom. The monoisotopic (exact) mass is 622 g/mol. The van der Waals surface area contributed by atoms with Gasteiger partial charge in [-0.15, -0.1) is 0 Å². The van der Waals surface area contributed by atoms with Crippen molar-refractivity contribution in [2.45, 2.75) is 123 Å². The van der Waals surface area contributed by atoms with Crippen molar-refractivity contribution in [2.75, 3.05) is 6.61 Å². The van der Waals surface area contributed by atoms with Gasteiger partial charge in [0.25, 0.3) is 0 Å². The molecule has 0 saturated carbocycles. The summed E-state index contributed by atoms with van der Waals surface area (Å²) in [5.74, 6) is 0.326. The molecular formula is C39H50N4O3. The van der Waals surface area contributed by atoms with E-state index in [4.69, 9.17) is 9.47 Å². The lowest BCUT2D eigenvalue weighted by Gasteiger charge is -2.12. The van der Waals surface area contributed by atoms with E-state index >= 15 is 0 Å². The van der Waals surface area contributed by atoms with E-state index in [1.165, 1.54) is 83.1 Å². The van der Waals surface area contributed by atoms with Crippen molar-refractivity contribution in [1.82, 2.24) is 9.97 Å². The van der Waals surface area contributed by atoms with Crippen LogP contribution < -0.4 is 9.47 Å². The second-order valence-electron chi connectivity index (χ2n) is 12.0. The number of aromatic nitrogens is 2. The fraction of sp³-hybridized carbons (Fsp3) is 0.513. The molecule has 2 aromatic carbocycles. The zero-order valence-corrected chi connectivity index (χ0v) is 27.9. The first-order valence-electron chi connectivity index (χ1n) is 17.3. The van der Waals surface area contributed by atoms with Gasteiger partial charge in [-0.2, -0.15) is 10.5 Å². The van der Waals surface area contributed by atoms with Crippen molar-refractivity contribution in [3.63, 3.8) is 0 Å². The first-order chi connectivity index (χ1) is 22.6. The summed E-state index contributed by atoms with van der Waals surface area (Å²) >= 11 is 0. The fourth-order valence-electron chi connectivity index (χ4n) is 5.42. The molecule has 244 valence electrons. The lowest BCUT2D eigenvalue weighted by molar-refractivity contribution is 0.0734. The van der Waals surface area contributed by atoms with Gasteiger partial charge < -0.3 is 9.47 Å². The van der Waals surface area contributed by atoms with Crippen LogP contribution in [0, 0.1) is 22.7 Å². The van der Waals surface area contributed by atoms with Gasteiger partial charge in [0.15, 0.2) is 11.6 Å². The zero-order chi connectivity index (χ0) is 32.8. The first kappa shape index (κ1) is 36.2. The predicted octanol–water partition coefficient (Wildman–Crippen LogP) is 10.3. The number of esters is 1. The molecule has 0 fully saturated rings. The molecule has 0 amide bonds. The molecule has 1 heterocycles. The number of carbonyl (C=O) groups excluding carboxylic acids is 1. The number of nitrogens with zero attached hydrogens (tertiary/aromatic N) is 4. The number of rotatable bonds is 22. The Hall–Kier alpha value is -4.23. The van der Waals surface area contributed by atoms with Crippen LogP contribution >= 0.6 is 0 Å². The Labute approximate surface area is 276 Å². The minimum absolute atomic E-state index is 0.0126. The number of carbonyl (C=O) groups is 1. The van der Waals surface area contributed by atoms with E-state index in [2.05, 4.69) is 29.9 Å². The van der Waals surface area contributed by atoms with Crippen LogP contribution in [-0.4, -0.2) is 22.5 Å². The maximum atomic E-state index is 13.0. The molecule has 0 N–H and O–H groups in total. The second-order valence-corrected chi connectivity index (χ2v) is 12.0. The average Bonchev–Trinajstić information content (AvgIpc) is 3.09. The first-order valence-corrected chi connectivity index (χ1v) is 17.3. The zero-order valence-electron chi connectivity index (χ0n) is 27.9. The number of hydrogen-bond donors (Lipinski definition) is 0. The summed E-state index contributed by atoms with van der Waals surface area (Å²) in [5.41, 5.74) is 2.29. The van der Waals surface area contributed by atoms with E-state index in [1.54, 1.807) is 30.3 Å². The highest BCUT2D eigenvalue weighted by Crippen LogP contribution is 2.30. The van der Waals surface area contributed by atoms with Crippen molar-refractivity contribution < 1.29 is 14.3 Å². The molecule has 0 unspecified atom stereocenters. The maximum absolute atomic E-state index is 13.0. The van der Waals surface area contributed by atoms with E-state index in [0.717, 1.165) is 43.2 Å². The summed E-state index contributed by atoms with van der Waals surface area (Å²) < 4.78 is 11.4. The highest BCUT2D eigenvalue weighted by Gasteiger charge is 2.19. The topological polar surface area (TPSA) is 109 Å². The fourth-order valence-corrected chi connectivity index (χ4v) is 5.42. The van der Waals surface area contributed by atoms with Crippen molar-refractivity contribution in [1.29, 1.82) is 10.5 Å². The largest absolute Gasteiger partial charge is 0.492 e. The standard InChI is InChI=1S/C39H50N4O3/c1-3-5-7-9-11-13-15-17-19-31-29-42-38(43-30-31)32-20-22-33(23-21-32)39(44)46-37-25-24-36(34(27-40)35(37)28-41)45-26-18-16-14-12-10-8-6-4-2/h20-25,29-30H,3-19,26H2,1-2H3. The molecule has 7 nitrogen and oxygen atoms in total. The van der Waals surface area contributed by atoms with Crippen LogP contribution in [0.25, 0.3) is 11.4 Å². The number of ether oxygens (including phenoxy) is 2. The van der Waals surface area contributed by atoms with Crippen molar-refractivity contribution in [3.05, 3.63) is 71.0 Å². The second kappa shape index (κ2) is 21.5. The third-order valence-electron chi connectivity index (χ3n) is 8.21. The summed E-state index contributed by atoms with van der Waals surface area (Å²) in [5, 5.41) is 19.6. The molecule has 7 heteroatoms. The van der Waals surface area contributed by atoms with Gasteiger partial charge in [-0.05, 0) is 49.1 Å². The Balaban J connectivity index is 1.49. The van der Waals surface area contributed by atoms with Crippen LogP contribution in [-0.2, 0) is 6.42 Å². The quantitative estimate of drug-likeness (QED) is 0.0623. The van der Waals surface area contributed by atoms with Gasteiger partial charge >= 0.3 is 5.97 Å². The third kappa shape index (κ3) is 12.3. The SMILES string of the molecule is CCCCCCCCCCOc1ccc(OC(=O)c2ccc(-c3ncc(CCCCCCCCCC)cn3)cc2)c(C#N)c1C#N. The molecule has 0 aliphatic carbocycles. The van der Waals surface area contributed by atoms with Gasteiger partial charge in [0.05, 0.1) is 12.2 Å². The summed E-state index contributed by atoms with van der Waals surface area (Å²) in [6.07, 6.45) is 24.5. The van der Waals surface area contributed by atoms with Crippen LogP contribution in [0.4, 0.5) is 0 Å². The minimum atomic E-state index is -0.624. The number of benzene rings is 2. The Bertz CT molecular complexity index is 1410. The highest BCUT2D eigenvalue weighted by atomic mass is 16.5. The maximum Gasteiger partial charge on any atom is 0.343 e. The smallest absolute Gasteiger partial charge is 0.343 e. The molecule has 1 aromatic heterocycles. The highest BCUT2D eigenvalue weighted by molar-refractivity contribution is 5.92. The lowest BCUT2D eigenvalue weighted by Crippen LogP contribution is -2.10. The van der Waals surface area contributed by atoms with Crippen LogP contribution in [0.2, 0.25) is 0 Å². The molecular weight excluding hydrogens is 572 g/mol. The summed E-state index contributed by atoms with van der Waals surface area (Å²) in [6, 6.07) is 14.0. The molecule has 0 atom stereocenters.